The predicted octanol–water partition coefficient (Wildman–Crippen LogP) is 3.95. The lowest BCUT2D eigenvalue weighted by Crippen LogP contribution is -2.08. The SMILES string of the molecule is COc1ccc(C(C)N)c(OCc2ccc(Cl)cc2)c1. The van der Waals surface area contributed by atoms with Crippen LogP contribution in [0.1, 0.15) is 24.1 Å². The van der Waals surface area contributed by atoms with Gasteiger partial charge in [-0.15, -0.1) is 0 Å². The molecular weight excluding hydrogens is 274 g/mol. The number of ether oxygens (including phenoxy) is 2. The number of rotatable bonds is 5. The molecule has 0 aromatic heterocycles. The molecule has 0 fully saturated rings. The topological polar surface area (TPSA) is 44.5 Å². The monoisotopic (exact) mass is 291 g/mol. The van der Waals surface area contributed by atoms with Gasteiger partial charge in [0.05, 0.1) is 7.11 Å². The molecule has 0 aliphatic rings. The molecule has 0 bridgehead atoms. The Morgan fingerprint density at radius 2 is 1.85 bits per heavy atom. The Labute approximate surface area is 124 Å². The van der Waals surface area contributed by atoms with Crippen molar-refractivity contribution in [3.63, 3.8) is 0 Å². The third-order valence-electron chi connectivity index (χ3n) is 3.02. The molecule has 2 N–H and O–H groups in total. The minimum atomic E-state index is -0.0962. The van der Waals surface area contributed by atoms with Crippen molar-refractivity contribution in [2.24, 2.45) is 5.73 Å². The number of hydrogen-bond donors (Lipinski definition) is 1. The van der Waals surface area contributed by atoms with Crippen LogP contribution in [0.4, 0.5) is 0 Å². The van der Waals surface area contributed by atoms with Gasteiger partial charge in [0.15, 0.2) is 0 Å². The number of hydrogen-bond acceptors (Lipinski definition) is 3. The number of halogens is 1. The molecule has 0 saturated carbocycles. The highest BCUT2D eigenvalue weighted by Gasteiger charge is 2.10. The molecule has 0 spiro atoms. The maximum absolute atomic E-state index is 5.96. The van der Waals surface area contributed by atoms with Crippen molar-refractivity contribution in [3.8, 4) is 11.5 Å². The first-order valence-electron chi connectivity index (χ1n) is 6.41. The summed E-state index contributed by atoms with van der Waals surface area (Å²) in [5.74, 6) is 1.50. The molecule has 20 heavy (non-hydrogen) atoms. The van der Waals surface area contributed by atoms with Crippen LogP contribution >= 0.6 is 11.6 Å². The van der Waals surface area contributed by atoms with Gasteiger partial charge in [0.2, 0.25) is 0 Å². The zero-order valence-corrected chi connectivity index (χ0v) is 12.4. The van der Waals surface area contributed by atoms with E-state index in [1.165, 1.54) is 0 Å². The maximum Gasteiger partial charge on any atom is 0.128 e. The fourth-order valence-electron chi connectivity index (χ4n) is 1.88. The summed E-state index contributed by atoms with van der Waals surface area (Å²) in [5, 5.41) is 0.714. The molecule has 2 rings (SSSR count). The molecule has 0 heterocycles. The average Bonchev–Trinajstić information content (AvgIpc) is 2.46. The van der Waals surface area contributed by atoms with E-state index in [9.17, 15) is 0 Å². The van der Waals surface area contributed by atoms with Crippen LogP contribution in [0.5, 0.6) is 11.5 Å². The standard InChI is InChI=1S/C16H18ClNO2/c1-11(18)15-8-7-14(19-2)9-16(15)20-10-12-3-5-13(17)6-4-12/h3-9,11H,10,18H2,1-2H3. The Morgan fingerprint density at radius 3 is 2.45 bits per heavy atom. The summed E-state index contributed by atoms with van der Waals surface area (Å²) >= 11 is 5.86. The summed E-state index contributed by atoms with van der Waals surface area (Å²) in [6, 6.07) is 13.1. The molecule has 0 aliphatic carbocycles. The van der Waals surface area contributed by atoms with Gasteiger partial charge in [-0.2, -0.15) is 0 Å². The summed E-state index contributed by atoms with van der Waals surface area (Å²) in [5.41, 5.74) is 7.96. The smallest absolute Gasteiger partial charge is 0.128 e. The second-order valence-corrected chi connectivity index (χ2v) is 5.04. The Hall–Kier alpha value is -1.71. The molecule has 2 aromatic rings. The van der Waals surface area contributed by atoms with Crippen LogP contribution in [0, 0.1) is 0 Å². The van der Waals surface area contributed by atoms with E-state index in [0.29, 0.717) is 11.6 Å². The molecule has 1 unspecified atom stereocenters. The molecule has 4 heteroatoms. The van der Waals surface area contributed by atoms with Crippen LogP contribution in [-0.2, 0) is 6.61 Å². The van der Waals surface area contributed by atoms with Crippen LogP contribution in [0.25, 0.3) is 0 Å². The molecule has 106 valence electrons. The van der Waals surface area contributed by atoms with Crippen LogP contribution in [-0.4, -0.2) is 7.11 Å². The molecule has 3 nitrogen and oxygen atoms in total. The first kappa shape index (κ1) is 14.7. The van der Waals surface area contributed by atoms with Gasteiger partial charge in [0.1, 0.15) is 18.1 Å². The minimum absolute atomic E-state index is 0.0962. The second kappa shape index (κ2) is 6.64. The van der Waals surface area contributed by atoms with Crippen LogP contribution in [0.15, 0.2) is 42.5 Å². The summed E-state index contributed by atoms with van der Waals surface area (Å²) in [7, 11) is 1.63. The highest BCUT2D eigenvalue weighted by atomic mass is 35.5. The molecule has 0 radical (unpaired) electrons. The first-order valence-corrected chi connectivity index (χ1v) is 6.78. The van der Waals surface area contributed by atoms with E-state index in [1.54, 1.807) is 7.11 Å². The van der Waals surface area contributed by atoms with Crippen molar-refractivity contribution in [1.82, 2.24) is 0 Å². The Morgan fingerprint density at radius 1 is 1.15 bits per heavy atom. The highest BCUT2D eigenvalue weighted by Crippen LogP contribution is 2.29. The Balaban J connectivity index is 2.16. The summed E-state index contributed by atoms with van der Waals surface area (Å²) < 4.78 is 11.1. The summed E-state index contributed by atoms with van der Waals surface area (Å²) in [6.07, 6.45) is 0. The van der Waals surface area contributed by atoms with E-state index >= 15 is 0 Å². The van der Waals surface area contributed by atoms with E-state index in [0.717, 1.165) is 22.6 Å². The van der Waals surface area contributed by atoms with Gasteiger partial charge >= 0.3 is 0 Å². The van der Waals surface area contributed by atoms with Gasteiger partial charge < -0.3 is 15.2 Å². The molecule has 0 saturated heterocycles. The average molecular weight is 292 g/mol. The third kappa shape index (κ3) is 3.65. The van der Waals surface area contributed by atoms with Crippen LogP contribution < -0.4 is 15.2 Å². The van der Waals surface area contributed by atoms with Crippen molar-refractivity contribution in [3.05, 3.63) is 58.6 Å². The summed E-state index contributed by atoms with van der Waals surface area (Å²) in [6.45, 7) is 2.39. The number of benzene rings is 2. The third-order valence-corrected chi connectivity index (χ3v) is 3.27. The minimum Gasteiger partial charge on any atom is -0.497 e. The predicted molar refractivity (Wildman–Crippen MR) is 81.4 cm³/mol. The quantitative estimate of drug-likeness (QED) is 0.907. The maximum atomic E-state index is 5.96. The highest BCUT2D eigenvalue weighted by molar-refractivity contribution is 6.30. The van der Waals surface area contributed by atoms with Crippen molar-refractivity contribution < 1.29 is 9.47 Å². The normalized spacial score (nSPS) is 12.0. The van der Waals surface area contributed by atoms with Gasteiger partial charge in [-0.25, -0.2) is 0 Å². The fraction of sp³-hybridized carbons (Fsp3) is 0.250. The van der Waals surface area contributed by atoms with Crippen LogP contribution in [0.3, 0.4) is 0 Å². The number of methoxy groups -OCH3 is 1. The zero-order chi connectivity index (χ0) is 14.5. The lowest BCUT2D eigenvalue weighted by atomic mass is 10.1. The summed E-state index contributed by atoms with van der Waals surface area (Å²) in [4.78, 5) is 0. The van der Waals surface area contributed by atoms with Crippen LogP contribution in [0.2, 0.25) is 5.02 Å². The van der Waals surface area contributed by atoms with Gasteiger partial charge in [0.25, 0.3) is 0 Å². The molecule has 1 atom stereocenters. The largest absolute Gasteiger partial charge is 0.497 e. The van der Waals surface area contributed by atoms with Crippen molar-refractivity contribution >= 4 is 11.6 Å². The lowest BCUT2D eigenvalue weighted by molar-refractivity contribution is 0.299. The molecule has 0 amide bonds. The zero-order valence-electron chi connectivity index (χ0n) is 11.6. The van der Waals surface area contributed by atoms with E-state index in [4.69, 9.17) is 26.8 Å². The number of nitrogens with two attached hydrogens (primary N) is 1. The van der Waals surface area contributed by atoms with Gasteiger partial charge in [0, 0.05) is 22.7 Å². The van der Waals surface area contributed by atoms with E-state index < -0.39 is 0 Å². The molecule has 2 aromatic carbocycles. The van der Waals surface area contributed by atoms with Gasteiger partial charge in [-0.3, -0.25) is 0 Å². The van der Waals surface area contributed by atoms with E-state index in [-0.39, 0.29) is 6.04 Å². The lowest BCUT2D eigenvalue weighted by Gasteiger charge is -2.15. The Kier molecular flexibility index (Phi) is 4.88. The van der Waals surface area contributed by atoms with Crippen molar-refractivity contribution in [2.75, 3.05) is 7.11 Å². The Bertz CT molecular complexity index is 567. The first-order chi connectivity index (χ1) is 9.60. The second-order valence-electron chi connectivity index (χ2n) is 4.61. The van der Waals surface area contributed by atoms with E-state index in [1.807, 2.05) is 49.4 Å². The fourth-order valence-corrected chi connectivity index (χ4v) is 2.01. The van der Waals surface area contributed by atoms with Gasteiger partial charge in [-0.1, -0.05) is 29.8 Å². The van der Waals surface area contributed by atoms with E-state index in [2.05, 4.69) is 0 Å². The molecular formula is C16H18ClNO2. The van der Waals surface area contributed by atoms with Crippen molar-refractivity contribution in [2.45, 2.75) is 19.6 Å². The van der Waals surface area contributed by atoms with Gasteiger partial charge in [-0.05, 0) is 30.7 Å². The van der Waals surface area contributed by atoms with Crippen molar-refractivity contribution in [1.29, 1.82) is 0 Å². The molecule has 0 aliphatic heterocycles.